The van der Waals surface area contributed by atoms with Gasteiger partial charge in [-0.3, -0.25) is 9.59 Å². The second-order valence-corrected chi connectivity index (χ2v) is 3.79. The third kappa shape index (κ3) is 9.39. The summed E-state index contributed by atoms with van der Waals surface area (Å²) in [6.45, 7) is 0.167. The number of hydrogen-bond donors (Lipinski definition) is 5. The molecule has 0 aromatic rings. The molecule has 0 bridgehead atoms. The quantitative estimate of drug-likeness (QED) is 0.335. The van der Waals surface area contributed by atoms with E-state index in [0.29, 0.717) is 6.42 Å². The Bertz CT molecular complexity index is 357. The van der Waals surface area contributed by atoms with Gasteiger partial charge in [0.15, 0.2) is 0 Å². The number of aliphatic carboxylic acids is 2. The minimum Gasteiger partial charge on any atom is -0.481 e. The molecule has 0 aromatic carbocycles. The molecule has 0 spiro atoms. The molecule has 0 saturated carbocycles. The fourth-order valence-corrected chi connectivity index (χ4v) is 1.20. The Labute approximate surface area is 109 Å². The maximum Gasteiger partial charge on any atom is 0.326 e. The first-order chi connectivity index (χ1) is 8.82. The summed E-state index contributed by atoms with van der Waals surface area (Å²) in [4.78, 5) is 42.8. The van der Waals surface area contributed by atoms with Crippen LogP contribution in [0.1, 0.15) is 25.7 Å². The average molecular weight is 275 g/mol. The van der Waals surface area contributed by atoms with E-state index in [0.717, 1.165) is 0 Å². The number of nitrogens with two attached hydrogens (primary N) is 1. The van der Waals surface area contributed by atoms with Gasteiger partial charge in [0.1, 0.15) is 6.04 Å². The molecule has 19 heavy (non-hydrogen) atoms. The van der Waals surface area contributed by atoms with E-state index in [-0.39, 0.29) is 25.8 Å². The number of carbonyl (C=O) groups excluding carboxylic acids is 2. The van der Waals surface area contributed by atoms with Crippen molar-refractivity contribution in [3.05, 3.63) is 0 Å². The molecule has 0 radical (unpaired) electrons. The third-order valence-corrected chi connectivity index (χ3v) is 2.14. The predicted molar refractivity (Wildman–Crippen MR) is 63.3 cm³/mol. The smallest absolute Gasteiger partial charge is 0.326 e. The highest BCUT2D eigenvalue weighted by atomic mass is 16.4. The maximum absolute atomic E-state index is 11.3. The molecule has 6 N–H and O–H groups in total. The van der Waals surface area contributed by atoms with Crippen LogP contribution in [0.4, 0.5) is 4.79 Å². The molecule has 0 rings (SSSR count). The summed E-state index contributed by atoms with van der Waals surface area (Å²) in [7, 11) is 0. The summed E-state index contributed by atoms with van der Waals surface area (Å²) < 4.78 is 0. The minimum atomic E-state index is -1.31. The van der Waals surface area contributed by atoms with Crippen LogP contribution in [0.25, 0.3) is 0 Å². The van der Waals surface area contributed by atoms with Crippen LogP contribution < -0.4 is 16.4 Å². The van der Waals surface area contributed by atoms with Crippen LogP contribution in [0.15, 0.2) is 0 Å². The van der Waals surface area contributed by atoms with Gasteiger partial charge in [0.25, 0.3) is 0 Å². The van der Waals surface area contributed by atoms with Gasteiger partial charge in [-0.2, -0.15) is 0 Å². The number of carbonyl (C=O) groups is 4. The number of primary amides is 1. The summed E-state index contributed by atoms with van der Waals surface area (Å²) in [6.07, 6.45) is -0.116. The highest BCUT2D eigenvalue weighted by Gasteiger charge is 2.20. The van der Waals surface area contributed by atoms with E-state index in [2.05, 4.69) is 10.6 Å². The Morgan fingerprint density at radius 2 is 1.74 bits per heavy atom. The summed E-state index contributed by atoms with van der Waals surface area (Å²) >= 11 is 0. The molecule has 0 aliphatic carbocycles. The van der Waals surface area contributed by atoms with Crippen LogP contribution >= 0.6 is 0 Å². The zero-order valence-electron chi connectivity index (χ0n) is 10.2. The van der Waals surface area contributed by atoms with Crippen molar-refractivity contribution in [3.8, 4) is 0 Å². The molecule has 108 valence electrons. The molecule has 0 heterocycles. The Morgan fingerprint density at radius 3 is 2.21 bits per heavy atom. The van der Waals surface area contributed by atoms with E-state index in [4.69, 9.17) is 15.9 Å². The van der Waals surface area contributed by atoms with Crippen molar-refractivity contribution in [1.82, 2.24) is 10.6 Å². The van der Waals surface area contributed by atoms with Crippen molar-refractivity contribution in [3.63, 3.8) is 0 Å². The topological polar surface area (TPSA) is 159 Å². The molecule has 0 saturated heterocycles. The lowest BCUT2D eigenvalue weighted by Crippen LogP contribution is -2.46. The van der Waals surface area contributed by atoms with Gasteiger partial charge in [-0.1, -0.05) is 0 Å². The Balaban J connectivity index is 3.99. The van der Waals surface area contributed by atoms with Crippen LogP contribution in [0, 0.1) is 0 Å². The fourth-order valence-electron chi connectivity index (χ4n) is 1.20. The van der Waals surface area contributed by atoms with E-state index >= 15 is 0 Å². The van der Waals surface area contributed by atoms with Crippen molar-refractivity contribution in [1.29, 1.82) is 0 Å². The van der Waals surface area contributed by atoms with Crippen LogP contribution in [-0.4, -0.2) is 46.7 Å². The van der Waals surface area contributed by atoms with Gasteiger partial charge in [0.05, 0.1) is 0 Å². The zero-order chi connectivity index (χ0) is 14.8. The number of nitrogens with one attached hydrogen (secondary N) is 2. The van der Waals surface area contributed by atoms with Crippen molar-refractivity contribution in [2.75, 3.05) is 6.54 Å². The Morgan fingerprint density at radius 1 is 1.11 bits per heavy atom. The van der Waals surface area contributed by atoms with Gasteiger partial charge in [-0.25, -0.2) is 9.59 Å². The summed E-state index contributed by atoms with van der Waals surface area (Å²) in [6, 6.07) is -2.01. The first-order valence-corrected chi connectivity index (χ1v) is 5.60. The molecule has 0 aromatic heterocycles. The molecule has 1 unspecified atom stereocenters. The first kappa shape index (κ1) is 16.7. The predicted octanol–water partition coefficient (Wildman–Crippen LogP) is -1.13. The van der Waals surface area contributed by atoms with Crippen molar-refractivity contribution >= 4 is 23.9 Å². The van der Waals surface area contributed by atoms with Crippen molar-refractivity contribution in [2.45, 2.75) is 31.7 Å². The van der Waals surface area contributed by atoms with Crippen LogP contribution in [0.5, 0.6) is 0 Å². The maximum atomic E-state index is 11.3. The van der Waals surface area contributed by atoms with Crippen molar-refractivity contribution < 1.29 is 29.4 Å². The second-order valence-electron chi connectivity index (χ2n) is 3.79. The highest BCUT2D eigenvalue weighted by Crippen LogP contribution is 1.98. The number of hydrogen-bond acceptors (Lipinski definition) is 4. The summed E-state index contributed by atoms with van der Waals surface area (Å²) in [5.41, 5.74) is 4.90. The number of amides is 3. The Hall–Kier alpha value is -2.32. The molecule has 0 aliphatic heterocycles. The van der Waals surface area contributed by atoms with Gasteiger partial charge in [0, 0.05) is 19.4 Å². The van der Waals surface area contributed by atoms with E-state index < -0.39 is 29.9 Å². The van der Waals surface area contributed by atoms with Gasteiger partial charge in [-0.15, -0.1) is 0 Å². The van der Waals surface area contributed by atoms with Crippen LogP contribution in [-0.2, 0) is 14.4 Å². The lowest BCUT2D eigenvalue weighted by atomic mass is 10.1. The molecular formula is C10H17N3O6. The summed E-state index contributed by atoms with van der Waals surface area (Å²) in [5.74, 6) is -2.95. The normalized spacial score (nSPS) is 11.4. The molecule has 3 amide bonds. The zero-order valence-corrected chi connectivity index (χ0v) is 10.2. The van der Waals surface area contributed by atoms with Gasteiger partial charge < -0.3 is 26.6 Å². The standard InChI is InChI=1S/C10H17N3O6/c11-7(14)2-1-5-12-10(19)13-6(9(17)18)3-4-8(15)16/h6H,1-5H2,(H2,11,14)(H,15,16)(H,17,18)(H2,12,13,19). The number of rotatable bonds is 9. The van der Waals surface area contributed by atoms with Gasteiger partial charge in [0.2, 0.25) is 5.91 Å². The van der Waals surface area contributed by atoms with Crippen LogP contribution in [0.3, 0.4) is 0 Å². The highest BCUT2D eigenvalue weighted by molar-refractivity contribution is 5.83. The number of carboxylic acid groups (broad SMARTS) is 2. The monoisotopic (exact) mass is 275 g/mol. The first-order valence-electron chi connectivity index (χ1n) is 5.60. The molecule has 1 atom stereocenters. The van der Waals surface area contributed by atoms with Gasteiger partial charge in [-0.05, 0) is 12.8 Å². The lowest BCUT2D eigenvalue weighted by molar-refractivity contribution is -0.140. The molecule has 0 aliphatic rings. The molecule has 0 fully saturated rings. The third-order valence-electron chi connectivity index (χ3n) is 2.14. The molecule has 9 heteroatoms. The number of carboxylic acids is 2. The van der Waals surface area contributed by atoms with Crippen LogP contribution in [0.2, 0.25) is 0 Å². The van der Waals surface area contributed by atoms with E-state index in [1.165, 1.54) is 0 Å². The van der Waals surface area contributed by atoms with E-state index in [1.807, 2.05) is 0 Å². The average Bonchev–Trinajstić information content (AvgIpc) is 2.29. The van der Waals surface area contributed by atoms with Gasteiger partial charge >= 0.3 is 18.0 Å². The fraction of sp³-hybridized carbons (Fsp3) is 0.600. The Kier molecular flexibility index (Phi) is 7.66. The SMILES string of the molecule is NC(=O)CCCNC(=O)NC(CCC(=O)O)C(=O)O. The number of urea groups is 1. The van der Waals surface area contributed by atoms with E-state index in [1.54, 1.807) is 0 Å². The lowest BCUT2D eigenvalue weighted by Gasteiger charge is -2.14. The molecular weight excluding hydrogens is 258 g/mol. The molecule has 9 nitrogen and oxygen atoms in total. The summed E-state index contributed by atoms with van der Waals surface area (Å²) in [5, 5.41) is 21.7. The van der Waals surface area contributed by atoms with E-state index in [9.17, 15) is 19.2 Å². The second kappa shape index (κ2) is 8.72. The largest absolute Gasteiger partial charge is 0.481 e. The minimum absolute atomic E-state index is 0.113. The van der Waals surface area contributed by atoms with Crippen molar-refractivity contribution in [2.24, 2.45) is 5.73 Å².